The molecule has 1 rings (SSSR count). The highest BCUT2D eigenvalue weighted by Crippen LogP contribution is 2.25. The Labute approximate surface area is 70.8 Å². The van der Waals surface area contributed by atoms with E-state index in [1.54, 1.807) is 0 Å². The van der Waals surface area contributed by atoms with Gasteiger partial charge in [-0.15, -0.1) is 0 Å². The van der Waals surface area contributed by atoms with Gasteiger partial charge in [-0.1, -0.05) is 0 Å². The molecular weight excluding hydrogens is 190 g/mol. The van der Waals surface area contributed by atoms with E-state index in [0.29, 0.717) is 0 Å². The first-order valence-electron chi connectivity index (χ1n) is 3.30. The minimum absolute atomic E-state index is 0.251. The standard InChI is InChI=1S/C7H5F4NO/c8-3-1-5(9)12-4(2-13)6(3)7(10)11/h1,7,13H,2H2. The van der Waals surface area contributed by atoms with Crippen molar-refractivity contribution in [3.05, 3.63) is 29.1 Å². The largest absolute Gasteiger partial charge is 0.390 e. The van der Waals surface area contributed by atoms with Gasteiger partial charge in [-0.05, 0) is 0 Å². The van der Waals surface area contributed by atoms with Crippen LogP contribution in [0.4, 0.5) is 17.6 Å². The van der Waals surface area contributed by atoms with Crippen molar-refractivity contribution in [3.63, 3.8) is 0 Å². The number of nitrogens with zero attached hydrogens (tertiary/aromatic N) is 1. The monoisotopic (exact) mass is 195 g/mol. The Morgan fingerprint density at radius 1 is 1.38 bits per heavy atom. The van der Waals surface area contributed by atoms with Crippen LogP contribution in [-0.4, -0.2) is 10.1 Å². The highest BCUT2D eigenvalue weighted by atomic mass is 19.3. The van der Waals surface area contributed by atoms with Gasteiger partial charge >= 0.3 is 0 Å². The molecule has 0 aromatic carbocycles. The van der Waals surface area contributed by atoms with Crippen molar-refractivity contribution in [3.8, 4) is 0 Å². The molecule has 0 saturated carbocycles. The average Bonchev–Trinajstić information content (AvgIpc) is 2.01. The predicted molar refractivity (Wildman–Crippen MR) is 35.0 cm³/mol. The second-order valence-corrected chi connectivity index (χ2v) is 2.25. The second kappa shape index (κ2) is 3.69. The van der Waals surface area contributed by atoms with Crippen molar-refractivity contribution in [1.29, 1.82) is 0 Å². The Balaban J connectivity index is 3.30. The molecule has 0 atom stereocenters. The summed E-state index contributed by atoms with van der Waals surface area (Å²) >= 11 is 0. The zero-order valence-corrected chi connectivity index (χ0v) is 6.27. The van der Waals surface area contributed by atoms with Gasteiger partial charge in [0.2, 0.25) is 5.95 Å². The van der Waals surface area contributed by atoms with E-state index in [9.17, 15) is 17.6 Å². The normalized spacial score (nSPS) is 10.9. The quantitative estimate of drug-likeness (QED) is 0.576. The van der Waals surface area contributed by atoms with Crippen molar-refractivity contribution in [2.45, 2.75) is 13.0 Å². The van der Waals surface area contributed by atoms with E-state index >= 15 is 0 Å². The molecule has 13 heavy (non-hydrogen) atoms. The maximum atomic E-state index is 12.7. The molecule has 0 amide bonds. The maximum Gasteiger partial charge on any atom is 0.268 e. The third-order valence-electron chi connectivity index (χ3n) is 1.42. The molecule has 1 aromatic heterocycles. The molecule has 0 aliphatic rings. The summed E-state index contributed by atoms with van der Waals surface area (Å²) < 4.78 is 49.2. The van der Waals surface area contributed by atoms with Crippen LogP contribution < -0.4 is 0 Å². The predicted octanol–water partition coefficient (Wildman–Crippen LogP) is 1.79. The molecule has 6 heteroatoms. The first-order chi connectivity index (χ1) is 6.06. The lowest BCUT2D eigenvalue weighted by atomic mass is 10.2. The Morgan fingerprint density at radius 2 is 2.00 bits per heavy atom. The number of aliphatic hydroxyl groups is 1. The zero-order chi connectivity index (χ0) is 10.0. The first kappa shape index (κ1) is 9.91. The topological polar surface area (TPSA) is 33.1 Å². The fourth-order valence-electron chi connectivity index (χ4n) is 0.892. The van der Waals surface area contributed by atoms with Gasteiger partial charge in [-0.25, -0.2) is 18.2 Å². The summed E-state index contributed by atoms with van der Waals surface area (Å²) in [6.07, 6.45) is -3.12. The number of aliphatic hydroxyl groups excluding tert-OH is 1. The van der Waals surface area contributed by atoms with Crippen LogP contribution in [-0.2, 0) is 6.61 Å². The van der Waals surface area contributed by atoms with Gasteiger partial charge in [0.15, 0.2) is 0 Å². The summed E-state index contributed by atoms with van der Waals surface area (Å²) in [5.41, 5.74) is -1.73. The van der Waals surface area contributed by atoms with Gasteiger partial charge in [-0.2, -0.15) is 4.39 Å². The SMILES string of the molecule is OCc1nc(F)cc(F)c1C(F)F. The Hall–Kier alpha value is -1.17. The van der Waals surface area contributed by atoms with E-state index in [1.807, 2.05) is 0 Å². The highest BCUT2D eigenvalue weighted by Gasteiger charge is 2.20. The molecule has 0 bridgehead atoms. The molecular formula is C7H5F4NO. The Morgan fingerprint density at radius 3 is 2.46 bits per heavy atom. The van der Waals surface area contributed by atoms with Crippen LogP contribution in [0.15, 0.2) is 6.07 Å². The minimum atomic E-state index is -3.12. The van der Waals surface area contributed by atoms with E-state index < -0.39 is 36.1 Å². The van der Waals surface area contributed by atoms with Crippen molar-refractivity contribution in [1.82, 2.24) is 4.98 Å². The van der Waals surface area contributed by atoms with Crippen LogP contribution in [0.5, 0.6) is 0 Å². The summed E-state index contributed by atoms with van der Waals surface area (Å²) in [6, 6.07) is 0.251. The summed E-state index contributed by atoms with van der Waals surface area (Å²) in [5.74, 6) is -2.63. The molecule has 0 spiro atoms. The number of halogens is 4. The van der Waals surface area contributed by atoms with E-state index in [0.717, 1.165) is 0 Å². The fraction of sp³-hybridized carbons (Fsp3) is 0.286. The van der Waals surface area contributed by atoms with Gasteiger partial charge in [0, 0.05) is 6.07 Å². The molecule has 0 saturated heterocycles. The van der Waals surface area contributed by atoms with Crippen molar-refractivity contribution in [2.75, 3.05) is 0 Å². The second-order valence-electron chi connectivity index (χ2n) is 2.25. The maximum absolute atomic E-state index is 12.7. The molecule has 0 radical (unpaired) electrons. The smallest absolute Gasteiger partial charge is 0.268 e. The summed E-state index contributed by atoms with van der Waals surface area (Å²) in [5, 5.41) is 8.49. The lowest BCUT2D eigenvalue weighted by Gasteiger charge is -2.06. The van der Waals surface area contributed by atoms with Crippen LogP contribution in [0, 0.1) is 11.8 Å². The summed E-state index contributed by atoms with van der Waals surface area (Å²) in [6.45, 7) is -0.922. The number of hydrogen-bond acceptors (Lipinski definition) is 2. The van der Waals surface area contributed by atoms with Crippen LogP contribution in [0.25, 0.3) is 0 Å². The summed E-state index contributed by atoms with van der Waals surface area (Å²) in [7, 11) is 0. The van der Waals surface area contributed by atoms with E-state index in [1.165, 1.54) is 0 Å². The molecule has 0 fully saturated rings. The van der Waals surface area contributed by atoms with Crippen molar-refractivity contribution in [2.24, 2.45) is 0 Å². The molecule has 0 unspecified atom stereocenters. The van der Waals surface area contributed by atoms with Crippen LogP contribution in [0.2, 0.25) is 0 Å². The van der Waals surface area contributed by atoms with Crippen LogP contribution >= 0.6 is 0 Å². The number of aromatic nitrogens is 1. The summed E-state index contributed by atoms with van der Waals surface area (Å²) in [4.78, 5) is 2.94. The van der Waals surface area contributed by atoms with Gasteiger partial charge in [0.05, 0.1) is 17.9 Å². The van der Waals surface area contributed by atoms with E-state index in [2.05, 4.69) is 4.98 Å². The number of pyridine rings is 1. The molecule has 1 aromatic rings. The van der Waals surface area contributed by atoms with Gasteiger partial charge < -0.3 is 5.11 Å². The molecule has 0 aliphatic carbocycles. The van der Waals surface area contributed by atoms with Crippen molar-refractivity contribution < 1.29 is 22.7 Å². The van der Waals surface area contributed by atoms with Gasteiger partial charge in [0.1, 0.15) is 5.82 Å². The van der Waals surface area contributed by atoms with Gasteiger partial charge in [-0.3, -0.25) is 0 Å². The zero-order valence-electron chi connectivity index (χ0n) is 6.27. The third kappa shape index (κ3) is 1.95. The average molecular weight is 195 g/mol. The number of rotatable bonds is 2. The van der Waals surface area contributed by atoms with Crippen LogP contribution in [0.3, 0.4) is 0 Å². The Bertz CT molecular complexity index is 316. The molecule has 72 valence electrons. The minimum Gasteiger partial charge on any atom is -0.390 e. The third-order valence-corrected chi connectivity index (χ3v) is 1.42. The van der Waals surface area contributed by atoms with Gasteiger partial charge in [0.25, 0.3) is 6.43 Å². The molecule has 2 nitrogen and oxygen atoms in total. The molecule has 1 heterocycles. The molecule has 1 N–H and O–H groups in total. The highest BCUT2D eigenvalue weighted by molar-refractivity contribution is 5.22. The van der Waals surface area contributed by atoms with E-state index in [-0.39, 0.29) is 6.07 Å². The van der Waals surface area contributed by atoms with Crippen LogP contribution in [0.1, 0.15) is 17.7 Å². The van der Waals surface area contributed by atoms with Crippen molar-refractivity contribution >= 4 is 0 Å². The Kier molecular flexibility index (Phi) is 2.82. The first-order valence-corrected chi connectivity index (χ1v) is 3.30. The van der Waals surface area contributed by atoms with E-state index in [4.69, 9.17) is 5.11 Å². The fourth-order valence-corrected chi connectivity index (χ4v) is 0.892. The number of hydrogen-bond donors (Lipinski definition) is 1. The number of alkyl halides is 2. The lowest BCUT2D eigenvalue weighted by Crippen LogP contribution is -2.04. The lowest BCUT2D eigenvalue weighted by molar-refractivity contribution is 0.140. The molecule has 0 aliphatic heterocycles.